The zero-order valence-corrected chi connectivity index (χ0v) is 10.0. The zero-order chi connectivity index (χ0) is 11.5. The molecule has 0 bridgehead atoms. The average molecular weight is 225 g/mol. The Balaban J connectivity index is 1.91. The Hall–Kier alpha value is -0.900. The SMILES string of the molecule is Cc1cnn(C)c1CN[C@@H]1CCCC[C@H]1F. The van der Waals surface area contributed by atoms with Crippen LogP contribution in [0.3, 0.4) is 0 Å². The van der Waals surface area contributed by atoms with E-state index in [0.29, 0.717) is 13.0 Å². The predicted octanol–water partition coefficient (Wildman–Crippen LogP) is 2.10. The number of alkyl halides is 1. The summed E-state index contributed by atoms with van der Waals surface area (Å²) in [4.78, 5) is 0. The molecule has 0 radical (unpaired) electrons. The number of aromatic nitrogens is 2. The van der Waals surface area contributed by atoms with Crippen LogP contribution in [0.2, 0.25) is 0 Å². The molecular weight excluding hydrogens is 205 g/mol. The van der Waals surface area contributed by atoms with Gasteiger partial charge in [-0.3, -0.25) is 4.68 Å². The van der Waals surface area contributed by atoms with E-state index in [2.05, 4.69) is 10.4 Å². The molecule has 1 aromatic rings. The minimum Gasteiger partial charge on any atom is -0.306 e. The molecule has 1 saturated carbocycles. The molecule has 0 unspecified atom stereocenters. The summed E-state index contributed by atoms with van der Waals surface area (Å²) in [5, 5.41) is 7.50. The van der Waals surface area contributed by atoms with E-state index >= 15 is 0 Å². The van der Waals surface area contributed by atoms with Gasteiger partial charge in [0.25, 0.3) is 0 Å². The molecule has 0 spiro atoms. The van der Waals surface area contributed by atoms with Gasteiger partial charge in [-0.1, -0.05) is 12.8 Å². The van der Waals surface area contributed by atoms with Crippen molar-refractivity contribution in [3.63, 3.8) is 0 Å². The van der Waals surface area contributed by atoms with Crippen LogP contribution in [0, 0.1) is 6.92 Å². The van der Waals surface area contributed by atoms with Gasteiger partial charge in [-0.25, -0.2) is 4.39 Å². The van der Waals surface area contributed by atoms with Crippen LogP contribution in [-0.2, 0) is 13.6 Å². The molecule has 0 aliphatic heterocycles. The van der Waals surface area contributed by atoms with Gasteiger partial charge in [0.05, 0.1) is 11.9 Å². The van der Waals surface area contributed by atoms with Gasteiger partial charge in [0.15, 0.2) is 0 Å². The smallest absolute Gasteiger partial charge is 0.115 e. The Bertz CT molecular complexity index is 329. The maximum Gasteiger partial charge on any atom is 0.115 e. The number of rotatable bonds is 3. The van der Waals surface area contributed by atoms with Gasteiger partial charge >= 0.3 is 0 Å². The number of halogens is 1. The second-order valence-electron chi connectivity index (χ2n) is 4.69. The molecule has 1 aromatic heterocycles. The largest absolute Gasteiger partial charge is 0.306 e. The number of hydrogen-bond acceptors (Lipinski definition) is 2. The monoisotopic (exact) mass is 225 g/mol. The van der Waals surface area contributed by atoms with E-state index in [-0.39, 0.29) is 6.04 Å². The van der Waals surface area contributed by atoms with Crippen molar-refractivity contribution in [3.8, 4) is 0 Å². The standard InChI is InChI=1S/C12H20FN3/c1-9-7-15-16(2)12(9)8-14-11-6-4-3-5-10(11)13/h7,10-11,14H,3-6,8H2,1-2H3/t10-,11-/m1/s1. The van der Waals surface area contributed by atoms with Crippen molar-refractivity contribution in [2.75, 3.05) is 0 Å². The van der Waals surface area contributed by atoms with Crippen molar-refractivity contribution in [1.82, 2.24) is 15.1 Å². The third-order valence-corrected chi connectivity index (χ3v) is 3.48. The summed E-state index contributed by atoms with van der Waals surface area (Å²) in [6.45, 7) is 2.76. The Morgan fingerprint density at radius 2 is 2.25 bits per heavy atom. The van der Waals surface area contributed by atoms with Crippen molar-refractivity contribution in [2.24, 2.45) is 7.05 Å². The minimum atomic E-state index is -0.678. The molecule has 1 N–H and O–H groups in total. The highest BCUT2D eigenvalue weighted by Crippen LogP contribution is 2.21. The lowest BCUT2D eigenvalue weighted by Gasteiger charge is -2.26. The molecule has 1 aliphatic rings. The Morgan fingerprint density at radius 3 is 2.88 bits per heavy atom. The van der Waals surface area contributed by atoms with Gasteiger partial charge in [-0.15, -0.1) is 0 Å². The fourth-order valence-corrected chi connectivity index (χ4v) is 2.37. The highest BCUT2D eigenvalue weighted by atomic mass is 19.1. The molecule has 16 heavy (non-hydrogen) atoms. The van der Waals surface area contributed by atoms with Gasteiger partial charge in [0, 0.05) is 19.6 Å². The molecule has 1 fully saturated rings. The van der Waals surface area contributed by atoms with E-state index in [0.717, 1.165) is 25.0 Å². The van der Waals surface area contributed by atoms with Crippen LogP contribution >= 0.6 is 0 Å². The van der Waals surface area contributed by atoms with Crippen LogP contribution in [0.4, 0.5) is 4.39 Å². The molecule has 0 aromatic carbocycles. The average Bonchev–Trinajstić information content (AvgIpc) is 2.58. The lowest BCUT2D eigenvalue weighted by Crippen LogP contribution is -2.39. The van der Waals surface area contributed by atoms with Crippen molar-refractivity contribution >= 4 is 0 Å². The lowest BCUT2D eigenvalue weighted by molar-refractivity contribution is 0.187. The highest BCUT2D eigenvalue weighted by Gasteiger charge is 2.24. The molecule has 0 saturated heterocycles. The Labute approximate surface area is 96.0 Å². The summed E-state index contributed by atoms with van der Waals surface area (Å²) >= 11 is 0. The Kier molecular flexibility index (Phi) is 3.59. The Morgan fingerprint density at radius 1 is 1.50 bits per heavy atom. The van der Waals surface area contributed by atoms with Crippen LogP contribution < -0.4 is 5.32 Å². The highest BCUT2D eigenvalue weighted by molar-refractivity contribution is 5.15. The van der Waals surface area contributed by atoms with Crippen LogP contribution in [-0.4, -0.2) is 22.0 Å². The molecule has 1 aliphatic carbocycles. The summed E-state index contributed by atoms with van der Waals surface area (Å²) in [6.07, 6.45) is 5.01. The third-order valence-electron chi connectivity index (χ3n) is 3.48. The van der Waals surface area contributed by atoms with Crippen molar-refractivity contribution in [2.45, 2.75) is 51.4 Å². The van der Waals surface area contributed by atoms with E-state index < -0.39 is 6.17 Å². The first kappa shape index (κ1) is 11.6. The quantitative estimate of drug-likeness (QED) is 0.853. The lowest BCUT2D eigenvalue weighted by atomic mass is 9.93. The fourth-order valence-electron chi connectivity index (χ4n) is 2.37. The van der Waals surface area contributed by atoms with Crippen molar-refractivity contribution in [1.29, 1.82) is 0 Å². The minimum absolute atomic E-state index is 0.0306. The van der Waals surface area contributed by atoms with Gasteiger partial charge in [0.1, 0.15) is 6.17 Å². The first-order valence-corrected chi connectivity index (χ1v) is 6.03. The summed E-state index contributed by atoms with van der Waals surface area (Å²) in [5.41, 5.74) is 2.32. The van der Waals surface area contributed by atoms with E-state index in [1.807, 2.05) is 24.9 Å². The number of nitrogens with one attached hydrogen (secondary N) is 1. The first-order valence-electron chi connectivity index (χ1n) is 6.03. The maximum atomic E-state index is 13.6. The van der Waals surface area contributed by atoms with Crippen LogP contribution in [0.15, 0.2) is 6.20 Å². The molecule has 0 amide bonds. The topological polar surface area (TPSA) is 29.9 Å². The molecular formula is C12H20FN3. The predicted molar refractivity (Wildman–Crippen MR) is 61.9 cm³/mol. The number of hydrogen-bond donors (Lipinski definition) is 1. The fraction of sp³-hybridized carbons (Fsp3) is 0.750. The molecule has 3 nitrogen and oxygen atoms in total. The van der Waals surface area contributed by atoms with E-state index in [1.54, 1.807) is 0 Å². The second kappa shape index (κ2) is 4.95. The van der Waals surface area contributed by atoms with E-state index in [1.165, 1.54) is 5.56 Å². The van der Waals surface area contributed by atoms with Gasteiger partial charge in [-0.05, 0) is 25.3 Å². The number of aryl methyl sites for hydroxylation is 2. The second-order valence-corrected chi connectivity index (χ2v) is 4.69. The molecule has 2 rings (SSSR count). The third kappa shape index (κ3) is 2.43. The van der Waals surface area contributed by atoms with Crippen LogP contribution in [0.1, 0.15) is 36.9 Å². The normalized spacial score (nSPS) is 25.9. The summed E-state index contributed by atoms with van der Waals surface area (Å²) < 4.78 is 15.5. The molecule has 90 valence electrons. The number of nitrogens with zero attached hydrogens (tertiary/aromatic N) is 2. The van der Waals surface area contributed by atoms with Crippen LogP contribution in [0.5, 0.6) is 0 Å². The van der Waals surface area contributed by atoms with Gasteiger partial charge < -0.3 is 5.32 Å². The van der Waals surface area contributed by atoms with Gasteiger partial charge in [-0.2, -0.15) is 5.10 Å². The van der Waals surface area contributed by atoms with E-state index in [9.17, 15) is 4.39 Å². The van der Waals surface area contributed by atoms with Crippen molar-refractivity contribution in [3.05, 3.63) is 17.5 Å². The van der Waals surface area contributed by atoms with Crippen molar-refractivity contribution < 1.29 is 4.39 Å². The first-order chi connectivity index (χ1) is 7.68. The van der Waals surface area contributed by atoms with Crippen LogP contribution in [0.25, 0.3) is 0 Å². The van der Waals surface area contributed by atoms with Gasteiger partial charge in [0.2, 0.25) is 0 Å². The molecule has 4 heteroatoms. The molecule has 2 atom stereocenters. The molecule has 1 heterocycles. The summed E-state index contributed by atoms with van der Waals surface area (Å²) in [7, 11) is 1.93. The maximum absolute atomic E-state index is 13.6. The zero-order valence-electron chi connectivity index (χ0n) is 10.0. The summed E-state index contributed by atoms with van der Waals surface area (Å²) in [5.74, 6) is 0. The van der Waals surface area contributed by atoms with E-state index in [4.69, 9.17) is 0 Å². The summed E-state index contributed by atoms with van der Waals surface area (Å²) in [6, 6.07) is 0.0306.